The van der Waals surface area contributed by atoms with Crippen LogP contribution in [0.2, 0.25) is 5.02 Å². The van der Waals surface area contributed by atoms with Gasteiger partial charge in [-0.3, -0.25) is 10.1 Å². The van der Waals surface area contributed by atoms with E-state index in [0.29, 0.717) is 15.7 Å². The number of amides is 1. The number of benzene rings is 1. The van der Waals surface area contributed by atoms with Gasteiger partial charge in [0.25, 0.3) is 5.91 Å². The maximum absolute atomic E-state index is 12.2. The van der Waals surface area contributed by atoms with Crippen molar-refractivity contribution < 1.29 is 4.79 Å². The second kappa shape index (κ2) is 6.54. The van der Waals surface area contributed by atoms with Crippen molar-refractivity contribution >= 4 is 34.0 Å². The van der Waals surface area contributed by atoms with E-state index in [2.05, 4.69) is 36.3 Å². The summed E-state index contributed by atoms with van der Waals surface area (Å²) in [5, 5.41) is 12.9. The summed E-state index contributed by atoms with van der Waals surface area (Å²) in [5.41, 5.74) is 0.440. The average molecular weight is 324 g/mol. The van der Waals surface area contributed by atoms with E-state index in [-0.39, 0.29) is 11.3 Å². The Kier molecular flexibility index (Phi) is 4.96. The third kappa shape index (κ3) is 3.41. The molecule has 0 unspecified atom stereocenters. The van der Waals surface area contributed by atoms with Crippen LogP contribution in [0.25, 0.3) is 0 Å². The molecule has 21 heavy (non-hydrogen) atoms. The number of anilines is 1. The molecule has 0 radical (unpaired) electrons. The standard InChI is InChI=1S/C15H18ClN3OS/c1-4-15(3,5-2)13-18-19-14(21-13)17-12(20)10-8-6-7-9-11(10)16/h6-9H,4-5H2,1-3H3,(H,17,19,20). The van der Waals surface area contributed by atoms with Gasteiger partial charge in [-0.05, 0) is 25.0 Å². The molecule has 0 bridgehead atoms. The van der Waals surface area contributed by atoms with Gasteiger partial charge in [-0.25, -0.2) is 0 Å². The van der Waals surface area contributed by atoms with Crippen LogP contribution < -0.4 is 5.32 Å². The Morgan fingerprint density at radius 1 is 1.29 bits per heavy atom. The van der Waals surface area contributed by atoms with Gasteiger partial charge < -0.3 is 0 Å². The first-order valence-corrected chi connectivity index (χ1v) is 8.09. The number of nitrogens with one attached hydrogen (secondary N) is 1. The molecule has 0 saturated carbocycles. The molecule has 0 fully saturated rings. The van der Waals surface area contributed by atoms with E-state index >= 15 is 0 Å². The summed E-state index contributed by atoms with van der Waals surface area (Å²) in [5.74, 6) is -0.266. The number of carbonyl (C=O) groups is 1. The zero-order chi connectivity index (χ0) is 15.5. The fraction of sp³-hybridized carbons (Fsp3) is 0.400. The molecule has 6 heteroatoms. The summed E-state index contributed by atoms with van der Waals surface area (Å²) in [6.07, 6.45) is 1.97. The number of carbonyl (C=O) groups excluding carboxylic acids is 1. The lowest BCUT2D eigenvalue weighted by atomic mass is 9.86. The summed E-state index contributed by atoms with van der Waals surface area (Å²) in [6.45, 7) is 6.42. The van der Waals surface area contributed by atoms with Crippen LogP contribution >= 0.6 is 22.9 Å². The van der Waals surface area contributed by atoms with E-state index in [4.69, 9.17) is 11.6 Å². The molecule has 1 aromatic carbocycles. The molecule has 0 saturated heterocycles. The minimum absolute atomic E-state index is 0.00500. The van der Waals surface area contributed by atoms with Crippen molar-refractivity contribution in [2.45, 2.75) is 39.0 Å². The summed E-state index contributed by atoms with van der Waals surface area (Å²) < 4.78 is 0. The van der Waals surface area contributed by atoms with Crippen LogP contribution in [0.15, 0.2) is 24.3 Å². The highest BCUT2D eigenvalue weighted by Gasteiger charge is 2.27. The highest BCUT2D eigenvalue weighted by molar-refractivity contribution is 7.15. The van der Waals surface area contributed by atoms with Crippen molar-refractivity contribution in [3.8, 4) is 0 Å². The Balaban J connectivity index is 2.17. The SMILES string of the molecule is CCC(C)(CC)c1nnc(NC(=O)c2ccccc2Cl)s1. The molecule has 112 valence electrons. The zero-order valence-corrected chi connectivity index (χ0v) is 13.9. The van der Waals surface area contributed by atoms with Crippen LogP contribution in [0.5, 0.6) is 0 Å². The molecule has 1 amide bonds. The van der Waals surface area contributed by atoms with Crippen LogP contribution in [-0.2, 0) is 5.41 Å². The third-order valence-electron chi connectivity index (χ3n) is 3.84. The lowest BCUT2D eigenvalue weighted by Gasteiger charge is -2.22. The van der Waals surface area contributed by atoms with Crippen molar-refractivity contribution in [3.63, 3.8) is 0 Å². The van der Waals surface area contributed by atoms with E-state index in [1.54, 1.807) is 24.3 Å². The zero-order valence-electron chi connectivity index (χ0n) is 12.3. The van der Waals surface area contributed by atoms with Gasteiger partial charge in [-0.2, -0.15) is 0 Å². The number of nitrogens with zero attached hydrogens (tertiary/aromatic N) is 2. The largest absolute Gasteiger partial charge is 0.296 e. The van der Waals surface area contributed by atoms with Gasteiger partial charge in [0, 0.05) is 5.41 Å². The van der Waals surface area contributed by atoms with Crippen molar-refractivity contribution in [1.82, 2.24) is 10.2 Å². The number of hydrogen-bond donors (Lipinski definition) is 1. The van der Waals surface area contributed by atoms with Gasteiger partial charge in [0.05, 0.1) is 10.6 Å². The Morgan fingerprint density at radius 3 is 2.57 bits per heavy atom. The summed E-state index contributed by atoms with van der Waals surface area (Å²) in [7, 11) is 0. The molecule has 0 spiro atoms. The Hall–Kier alpha value is -1.46. The van der Waals surface area contributed by atoms with E-state index in [1.165, 1.54) is 11.3 Å². The fourth-order valence-electron chi connectivity index (χ4n) is 1.88. The quantitative estimate of drug-likeness (QED) is 0.880. The normalized spacial score (nSPS) is 11.4. The Labute approximate surface area is 133 Å². The topological polar surface area (TPSA) is 54.9 Å². The van der Waals surface area contributed by atoms with Crippen LogP contribution in [0.4, 0.5) is 5.13 Å². The molecule has 1 aromatic heterocycles. The maximum Gasteiger partial charge on any atom is 0.259 e. The summed E-state index contributed by atoms with van der Waals surface area (Å²) in [6, 6.07) is 6.93. The van der Waals surface area contributed by atoms with E-state index in [9.17, 15) is 4.79 Å². The van der Waals surface area contributed by atoms with Crippen LogP contribution in [0.3, 0.4) is 0 Å². The third-order valence-corrected chi connectivity index (χ3v) is 5.32. The molecular formula is C15H18ClN3OS. The first kappa shape index (κ1) is 15.9. The van der Waals surface area contributed by atoms with Crippen molar-refractivity contribution in [2.75, 3.05) is 5.32 Å². The van der Waals surface area contributed by atoms with Crippen molar-refractivity contribution in [2.24, 2.45) is 0 Å². The molecule has 4 nitrogen and oxygen atoms in total. The van der Waals surface area contributed by atoms with E-state index in [0.717, 1.165) is 17.8 Å². The van der Waals surface area contributed by atoms with Crippen molar-refractivity contribution in [1.29, 1.82) is 0 Å². The lowest BCUT2D eigenvalue weighted by Crippen LogP contribution is -2.19. The molecule has 0 aliphatic carbocycles. The minimum atomic E-state index is -0.266. The van der Waals surface area contributed by atoms with Gasteiger partial charge in [-0.15, -0.1) is 10.2 Å². The lowest BCUT2D eigenvalue weighted by molar-refractivity contribution is 0.102. The molecule has 2 aromatic rings. The monoisotopic (exact) mass is 323 g/mol. The molecule has 1 N–H and O–H groups in total. The molecule has 1 heterocycles. The number of halogens is 1. The molecule has 0 aliphatic rings. The molecular weight excluding hydrogens is 306 g/mol. The maximum atomic E-state index is 12.2. The average Bonchev–Trinajstić information content (AvgIpc) is 2.96. The van der Waals surface area contributed by atoms with Gasteiger partial charge >= 0.3 is 0 Å². The van der Waals surface area contributed by atoms with Crippen LogP contribution in [-0.4, -0.2) is 16.1 Å². The first-order valence-electron chi connectivity index (χ1n) is 6.90. The number of hydrogen-bond acceptors (Lipinski definition) is 4. The second-order valence-electron chi connectivity index (χ2n) is 5.11. The number of rotatable bonds is 5. The van der Waals surface area contributed by atoms with E-state index in [1.807, 2.05) is 0 Å². The first-order chi connectivity index (χ1) is 10.00. The summed E-state index contributed by atoms with van der Waals surface area (Å²) >= 11 is 7.44. The summed E-state index contributed by atoms with van der Waals surface area (Å²) in [4.78, 5) is 12.2. The van der Waals surface area contributed by atoms with E-state index < -0.39 is 0 Å². The highest BCUT2D eigenvalue weighted by Crippen LogP contribution is 2.34. The van der Waals surface area contributed by atoms with Crippen molar-refractivity contribution in [3.05, 3.63) is 39.9 Å². The van der Waals surface area contributed by atoms with Gasteiger partial charge in [0.15, 0.2) is 0 Å². The Morgan fingerprint density at radius 2 is 1.95 bits per heavy atom. The minimum Gasteiger partial charge on any atom is -0.296 e. The second-order valence-corrected chi connectivity index (χ2v) is 6.50. The van der Waals surface area contributed by atoms with Gasteiger partial charge in [0.1, 0.15) is 5.01 Å². The molecule has 0 aliphatic heterocycles. The predicted molar refractivity (Wildman–Crippen MR) is 87.2 cm³/mol. The Bertz CT molecular complexity index is 637. The predicted octanol–water partition coefficient (Wildman–Crippen LogP) is 4.52. The highest BCUT2D eigenvalue weighted by atomic mass is 35.5. The number of aromatic nitrogens is 2. The molecule has 0 atom stereocenters. The van der Waals surface area contributed by atoms with Gasteiger partial charge in [-0.1, -0.05) is 55.8 Å². The van der Waals surface area contributed by atoms with Crippen LogP contribution in [0.1, 0.15) is 49.0 Å². The van der Waals surface area contributed by atoms with Gasteiger partial charge in [0.2, 0.25) is 5.13 Å². The smallest absolute Gasteiger partial charge is 0.259 e. The van der Waals surface area contributed by atoms with Crippen LogP contribution in [0, 0.1) is 0 Å². The fourth-order valence-corrected chi connectivity index (χ4v) is 3.13. The molecule has 2 rings (SSSR count).